The van der Waals surface area contributed by atoms with Gasteiger partial charge in [-0.05, 0) is 19.9 Å². The predicted octanol–water partition coefficient (Wildman–Crippen LogP) is 3.77. The summed E-state index contributed by atoms with van der Waals surface area (Å²) >= 11 is 1.68. The van der Waals surface area contributed by atoms with E-state index in [0.29, 0.717) is 6.61 Å². The second-order valence-corrected chi connectivity index (χ2v) is 5.31. The van der Waals surface area contributed by atoms with E-state index in [4.69, 9.17) is 4.74 Å². The number of aromatic nitrogens is 1. The molecule has 1 atom stereocenters. The van der Waals surface area contributed by atoms with Crippen molar-refractivity contribution in [3.05, 3.63) is 45.9 Å². The van der Waals surface area contributed by atoms with E-state index in [1.807, 2.05) is 19.1 Å². The maximum atomic E-state index is 5.21. The maximum Gasteiger partial charge on any atom is 0.0898 e. The zero-order chi connectivity index (χ0) is 13.0. The molecule has 0 fully saturated rings. The fraction of sp³-hybridized carbons (Fsp3) is 0.357. The van der Waals surface area contributed by atoms with Gasteiger partial charge >= 0.3 is 0 Å². The van der Waals surface area contributed by atoms with Gasteiger partial charge < -0.3 is 10.1 Å². The Bertz CT molecular complexity index is 510. The molecule has 0 saturated carbocycles. The molecule has 3 nitrogen and oxygen atoms in total. The number of hydrogen-bond donors (Lipinski definition) is 1. The number of benzene rings is 1. The van der Waals surface area contributed by atoms with Crippen LogP contribution in [0.25, 0.3) is 0 Å². The molecule has 18 heavy (non-hydrogen) atoms. The summed E-state index contributed by atoms with van der Waals surface area (Å²) in [4.78, 5) is 4.51. The molecular formula is C14H18N2OS. The van der Waals surface area contributed by atoms with Crippen molar-refractivity contribution in [2.24, 2.45) is 0 Å². The van der Waals surface area contributed by atoms with Crippen molar-refractivity contribution in [1.82, 2.24) is 4.98 Å². The van der Waals surface area contributed by atoms with Crippen LogP contribution >= 0.6 is 11.3 Å². The number of hydrogen-bond acceptors (Lipinski definition) is 4. The molecule has 1 aromatic heterocycles. The van der Waals surface area contributed by atoms with Crippen molar-refractivity contribution < 1.29 is 4.74 Å². The summed E-state index contributed by atoms with van der Waals surface area (Å²) in [6.45, 7) is 4.77. The third kappa shape index (κ3) is 3.09. The van der Waals surface area contributed by atoms with Crippen LogP contribution in [0.5, 0.6) is 0 Å². The largest absolute Gasteiger partial charge is 0.380 e. The van der Waals surface area contributed by atoms with E-state index >= 15 is 0 Å². The molecular weight excluding hydrogens is 244 g/mol. The van der Waals surface area contributed by atoms with Crippen molar-refractivity contribution in [2.45, 2.75) is 26.5 Å². The lowest BCUT2D eigenvalue weighted by Gasteiger charge is -2.16. The smallest absolute Gasteiger partial charge is 0.0898 e. The first-order valence-electron chi connectivity index (χ1n) is 5.96. The number of methoxy groups -OCH3 is 1. The molecule has 1 unspecified atom stereocenters. The minimum atomic E-state index is 0.202. The fourth-order valence-electron chi connectivity index (χ4n) is 1.83. The highest BCUT2D eigenvalue weighted by Crippen LogP contribution is 2.23. The van der Waals surface area contributed by atoms with Crippen LogP contribution in [0.4, 0.5) is 5.69 Å². The molecule has 0 amide bonds. The maximum absolute atomic E-state index is 5.21. The normalized spacial score (nSPS) is 12.4. The van der Waals surface area contributed by atoms with Crippen LogP contribution < -0.4 is 5.32 Å². The van der Waals surface area contributed by atoms with E-state index in [9.17, 15) is 0 Å². The average Bonchev–Trinajstić information content (AvgIpc) is 2.79. The van der Waals surface area contributed by atoms with E-state index in [-0.39, 0.29) is 6.04 Å². The van der Waals surface area contributed by atoms with Crippen LogP contribution in [0.2, 0.25) is 0 Å². The second-order valence-electron chi connectivity index (χ2n) is 4.25. The monoisotopic (exact) mass is 262 g/mol. The van der Waals surface area contributed by atoms with Crippen molar-refractivity contribution in [3.8, 4) is 0 Å². The number of para-hydroxylation sites is 1. The van der Waals surface area contributed by atoms with Crippen molar-refractivity contribution >= 4 is 17.0 Å². The zero-order valence-corrected chi connectivity index (χ0v) is 11.8. The van der Waals surface area contributed by atoms with Gasteiger partial charge in [0.15, 0.2) is 0 Å². The Hall–Kier alpha value is -1.39. The van der Waals surface area contributed by atoms with E-state index in [2.05, 4.69) is 34.7 Å². The van der Waals surface area contributed by atoms with Crippen molar-refractivity contribution in [1.29, 1.82) is 0 Å². The first-order valence-corrected chi connectivity index (χ1v) is 6.84. The molecule has 0 spiro atoms. The number of anilines is 1. The first-order chi connectivity index (χ1) is 8.70. The second kappa shape index (κ2) is 5.98. The molecule has 4 heteroatoms. The lowest BCUT2D eigenvalue weighted by molar-refractivity contribution is 0.185. The molecule has 0 bridgehead atoms. The summed E-state index contributed by atoms with van der Waals surface area (Å²) < 4.78 is 5.21. The highest BCUT2D eigenvalue weighted by Gasteiger charge is 2.10. The van der Waals surface area contributed by atoms with Gasteiger partial charge in [-0.25, -0.2) is 4.98 Å². The summed E-state index contributed by atoms with van der Waals surface area (Å²) in [5.41, 5.74) is 3.36. The molecule has 2 rings (SSSR count). The molecule has 96 valence electrons. The van der Waals surface area contributed by atoms with Gasteiger partial charge in [0.25, 0.3) is 0 Å². The molecule has 0 aliphatic carbocycles. The first kappa shape index (κ1) is 13.1. The molecule has 0 aliphatic rings. The summed E-state index contributed by atoms with van der Waals surface area (Å²) in [5, 5.41) is 6.69. The topological polar surface area (TPSA) is 34.1 Å². The molecule has 0 radical (unpaired) electrons. The Balaban J connectivity index is 2.13. The van der Waals surface area contributed by atoms with Crippen LogP contribution in [-0.4, -0.2) is 12.1 Å². The number of ether oxygens (including phenoxy) is 1. The lowest BCUT2D eigenvalue weighted by Crippen LogP contribution is -2.09. The van der Waals surface area contributed by atoms with E-state index in [1.165, 1.54) is 5.56 Å². The van der Waals surface area contributed by atoms with Crippen LogP contribution in [-0.2, 0) is 11.3 Å². The third-order valence-electron chi connectivity index (χ3n) is 2.77. The fourth-order valence-corrected chi connectivity index (χ4v) is 2.53. The number of nitrogens with one attached hydrogen (secondary N) is 1. The van der Waals surface area contributed by atoms with Gasteiger partial charge in [-0.3, -0.25) is 0 Å². The van der Waals surface area contributed by atoms with E-state index in [0.717, 1.165) is 16.4 Å². The van der Waals surface area contributed by atoms with Gasteiger partial charge in [0.2, 0.25) is 0 Å². The predicted molar refractivity (Wildman–Crippen MR) is 76.0 cm³/mol. The standard InChI is InChI=1S/C14H18N2OS/c1-10(14-9-18-11(2)16-14)15-13-7-5-4-6-12(13)8-17-3/h4-7,9-10,15H,8H2,1-3H3. The van der Waals surface area contributed by atoms with Gasteiger partial charge in [0.1, 0.15) is 0 Å². The molecule has 0 aliphatic heterocycles. The SMILES string of the molecule is COCc1ccccc1NC(C)c1csc(C)n1. The van der Waals surface area contributed by atoms with E-state index < -0.39 is 0 Å². The minimum Gasteiger partial charge on any atom is -0.380 e. The molecule has 0 saturated heterocycles. The Morgan fingerprint density at radius 3 is 2.83 bits per heavy atom. The number of nitrogens with zero attached hydrogens (tertiary/aromatic N) is 1. The van der Waals surface area contributed by atoms with Crippen LogP contribution in [0.1, 0.15) is 29.2 Å². The van der Waals surface area contributed by atoms with Gasteiger partial charge in [0.05, 0.1) is 23.4 Å². The average molecular weight is 262 g/mol. The molecule has 1 N–H and O–H groups in total. The Morgan fingerprint density at radius 1 is 1.39 bits per heavy atom. The van der Waals surface area contributed by atoms with Crippen molar-refractivity contribution in [3.63, 3.8) is 0 Å². The summed E-state index contributed by atoms with van der Waals surface area (Å²) in [5.74, 6) is 0. The summed E-state index contributed by atoms with van der Waals surface area (Å²) in [6.07, 6.45) is 0. The number of aryl methyl sites for hydroxylation is 1. The zero-order valence-electron chi connectivity index (χ0n) is 10.9. The van der Waals surface area contributed by atoms with Gasteiger partial charge in [-0.1, -0.05) is 18.2 Å². The number of thiazole rings is 1. The summed E-state index contributed by atoms with van der Waals surface area (Å²) in [7, 11) is 1.71. The molecule has 1 aromatic carbocycles. The summed E-state index contributed by atoms with van der Waals surface area (Å²) in [6, 6.07) is 8.40. The van der Waals surface area contributed by atoms with Gasteiger partial charge in [-0.15, -0.1) is 11.3 Å². The van der Waals surface area contributed by atoms with Crippen molar-refractivity contribution in [2.75, 3.05) is 12.4 Å². The van der Waals surface area contributed by atoms with Crippen LogP contribution in [0.3, 0.4) is 0 Å². The highest BCUT2D eigenvalue weighted by molar-refractivity contribution is 7.09. The van der Waals surface area contributed by atoms with Gasteiger partial charge in [0, 0.05) is 23.7 Å². The van der Waals surface area contributed by atoms with Crippen LogP contribution in [0.15, 0.2) is 29.6 Å². The minimum absolute atomic E-state index is 0.202. The molecule has 2 aromatic rings. The Labute approximate surface area is 112 Å². The molecule has 1 heterocycles. The lowest BCUT2D eigenvalue weighted by atomic mass is 10.1. The third-order valence-corrected chi connectivity index (χ3v) is 3.56. The Kier molecular flexibility index (Phi) is 4.33. The quantitative estimate of drug-likeness (QED) is 0.890. The Morgan fingerprint density at radius 2 is 2.17 bits per heavy atom. The van der Waals surface area contributed by atoms with Crippen LogP contribution in [0, 0.1) is 6.92 Å². The number of rotatable bonds is 5. The highest BCUT2D eigenvalue weighted by atomic mass is 32.1. The van der Waals surface area contributed by atoms with E-state index in [1.54, 1.807) is 18.4 Å². The van der Waals surface area contributed by atoms with Gasteiger partial charge in [-0.2, -0.15) is 0 Å².